The zero-order valence-corrected chi connectivity index (χ0v) is 20.1. The molecule has 0 heterocycles. The van der Waals surface area contributed by atoms with Gasteiger partial charge >= 0.3 is 0 Å². The van der Waals surface area contributed by atoms with Crippen molar-refractivity contribution in [1.29, 1.82) is 0 Å². The molecule has 0 aromatic rings. The third kappa shape index (κ3) is 2.57. The Morgan fingerprint density at radius 3 is 2.53 bits per heavy atom. The fourth-order valence-corrected chi connectivity index (χ4v) is 8.25. The molecule has 2 fully saturated rings. The van der Waals surface area contributed by atoms with Gasteiger partial charge in [-0.3, -0.25) is 9.59 Å². The highest BCUT2D eigenvalue weighted by Crippen LogP contribution is 2.69. The number of aliphatic hydroxyl groups excluding tert-OH is 1. The fraction of sp³-hybridized carbons (Fsp3) is 0.714. The lowest BCUT2D eigenvalue weighted by Crippen LogP contribution is -2.60. The number of Topliss-reactive ketones (excluding diaryl/α,β-unsaturated/α-hetero) is 1. The molecule has 8 unspecified atom stereocenters. The summed E-state index contributed by atoms with van der Waals surface area (Å²) in [6, 6.07) is 0. The predicted octanol–water partition coefficient (Wildman–Crippen LogP) is 4.56. The normalized spacial score (nSPS) is 44.8. The molecule has 4 heteroatoms. The molecule has 8 atom stereocenters. The van der Waals surface area contributed by atoms with Crippen LogP contribution < -0.4 is 0 Å². The van der Waals surface area contributed by atoms with E-state index in [1.54, 1.807) is 6.08 Å². The Morgan fingerprint density at radius 2 is 1.84 bits per heavy atom. The van der Waals surface area contributed by atoms with Crippen molar-refractivity contribution in [1.82, 2.24) is 0 Å². The molecule has 0 aromatic carbocycles. The lowest BCUT2D eigenvalue weighted by molar-refractivity contribution is -0.149. The molecule has 2 N–H and O–H groups in total. The van der Waals surface area contributed by atoms with Crippen molar-refractivity contribution < 1.29 is 19.8 Å². The van der Waals surface area contributed by atoms with Crippen LogP contribution in [-0.2, 0) is 9.59 Å². The van der Waals surface area contributed by atoms with Crippen molar-refractivity contribution >= 4 is 11.6 Å². The average molecular weight is 439 g/mol. The largest absolute Gasteiger partial charge is 0.393 e. The highest BCUT2D eigenvalue weighted by molar-refractivity contribution is 5.99. The van der Waals surface area contributed by atoms with Gasteiger partial charge in [-0.05, 0) is 72.5 Å². The van der Waals surface area contributed by atoms with Gasteiger partial charge in [0.05, 0.1) is 6.10 Å². The third-order valence-corrected chi connectivity index (χ3v) is 10.6. The average Bonchev–Trinajstić information content (AvgIpc) is 3.23. The Balaban J connectivity index is 1.62. The number of fused-ring (bicyclic) bond motifs is 3. The zero-order valence-electron chi connectivity index (χ0n) is 20.1. The molecule has 0 saturated heterocycles. The first kappa shape index (κ1) is 22.3. The Bertz CT molecular complexity index is 970. The van der Waals surface area contributed by atoms with E-state index in [1.807, 2.05) is 19.1 Å². The van der Waals surface area contributed by atoms with Crippen molar-refractivity contribution in [3.8, 4) is 0 Å². The van der Waals surface area contributed by atoms with E-state index in [1.165, 1.54) is 5.57 Å². The Kier molecular flexibility index (Phi) is 4.87. The molecule has 2 saturated carbocycles. The highest BCUT2D eigenvalue weighted by atomic mass is 16.3. The fourth-order valence-electron chi connectivity index (χ4n) is 8.25. The van der Waals surface area contributed by atoms with Crippen molar-refractivity contribution in [2.75, 3.05) is 0 Å². The summed E-state index contributed by atoms with van der Waals surface area (Å²) in [6.45, 7) is 10.7. The molecule has 0 radical (unpaired) electrons. The molecule has 0 aromatic heterocycles. The Morgan fingerprint density at radius 1 is 1.12 bits per heavy atom. The van der Waals surface area contributed by atoms with Crippen molar-refractivity contribution in [2.24, 2.45) is 40.4 Å². The van der Waals surface area contributed by atoms with Crippen LogP contribution in [0.4, 0.5) is 0 Å². The van der Waals surface area contributed by atoms with Gasteiger partial charge in [0.15, 0.2) is 17.2 Å². The molecule has 5 rings (SSSR count). The third-order valence-electron chi connectivity index (χ3n) is 10.6. The maximum atomic E-state index is 13.9. The van der Waals surface area contributed by atoms with Gasteiger partial charge in [-0.1, -0.05) is 52.3 Å². The minimum absolute atomic E-state index is 0.0724. The summed E-state index contributed by atoms with van der Waals surface area (Å²) in [5, 5.41) is 23.4. The molecule has 4 nitrogen and oxygen atoms in total. The maximum Gasteiger partial charge on any atom is 0.170 e. The second-order valence-corrected chi connectivity index (χ2v) is 12.1. The van der Waals surface area contributed by atoms with E-state index in [0.29, 0.717) is 37.0 Å². The molecule has 5 aliphatic carbocycles. The van der Waals surface area contributed by atoms with Gasteiger partial charge in [0.1, 0.15) is 0 Å². The number of ketones is 2. The van der Waals surface area contributed by atoms with E-state index in [4.69, 9.17) is 0 Å². The quantitative estimate of drug-likeness (QED) is 0.677. The van der Waals surface area contributed by atoms with Crippen molar-refractivity contribution in [3.05, 3.63) is 34.9 Å². The van der Waals surface area contributed by atoms with E-state index in [-0.39, 0.29) is 34.9 Å². The van der Waals surface area contributed by atoms with E-state index >= 15 is 0 Å². The number of rotatable bonds is 3. The van der Waals surface area contributed by atoms with Crippen molar-refractivity contribution in [3.63, 3.8) is 0 Å². The SMILES string of the molecule is CC(C)C(C)C(O)C1CC23CC(=O)C4(O)C(=C2CCC3C1C)C=CC1=CC(=O)CCC14C. The number of hydrogen-bond donors (Lipinski definition) is 2. The summed E-state index contributed by atoms with van der Waals surface area (Å²) in [5.74, 6) is 1.52. The van der Waals surface area contributed by atoms with Crippen molar-refractivity contribution in [2.45, 2.75) is 84.8 Å². The molecule has 0 aliphatic heterocycles. The summed E-state index contributed by atoms with van der Waals surface area (Å²) < 4.78 is 0. The highest BCUT2D eigenvalue weighted by Gasteiger charge is 2.68. The summed E-state index contributed by atoms with van der Waals surface area (Å²) in [6.07, 6.45) is 9.18. The van der Waals surface area contributed by atoms with E-state index in [0.717, 1.165) is 30.4 Å². The van der Waals surface area contributed by atoms with Gasteiger partial charge in [0.2, 0.25) is 0 Å². The van der Waals surface area contributed by atoms with Crippen LogP contribution in [-0.4, -0.2) is 33.5 Å². The van der Waals surface area contributed by atoms with Crippen LogP contribution in [0.15, 0.2) is 34.9 Å². The standard InChI is InChI=1S/C28H38O4/c1-15(2)16(3)25(31)20-13-27-14-24(30)28(32)23(22(27)9-8-21(27)17(20)4)7-6-18-12-19(29)10-11-26(18,28)5/h6-7,12,15-17,20-21,25,31-32H,8-11,13-14H2,1-5H3. The number of aliphatic hydroxyl groups is 2. The van der Waals surface area contributed by atoms with E-state index in [2.05, 4.69) is 27.7 Å². The summed E-state index contributed by atoms with van der Waals surface area (Å²) in [4.78, 5) is 26.0. The molecule has 174 valence electrons. The topological polar surface area (TPSA) is 74.6 Å². The minimum Gasteiger partial charge on any atom is -0.393 e. The second-order valence-electron chi connectivity index (χ2n) is 12.1. The lowest BCUT2D eigenvalue weighted by Gasteiger charge is -2.54. The predicted molar refractivity (Wildman–Crippen MR) is 124 cm³/mol. The van der Waals surface area contributed by atoms with Gasteiger partial charge in [0.25, 0.3) is 0 Å². The maximum absolute atomic E-state index is 13.9. The van der Waals surface area contributed by atoms with Gasteiger partial charge in [0, 0.05) is 23.7 Å². The molecule has 5 aliphatic rings. The number of hydrogen-bond acceptors (Lipinski definition) is 4. The second kappa shape index (κ2) is 6.99. The molecular weight excluding hydrogens is 400 g/mol. The zero-order chi connectivity index (χ0) is 23.2. The smallest absolute Gasteiger partial charge is 0.170 e. The van der Waals surface area contributed by atoms with Crippen LogP contribution in [0.2, 0.25) is 0 Å². The molecule has 32 heavy (non-hydrogen) atoms. The summed E-state index contributed by atoms with van der Waals surface area (Å²) in [5.41, 5.74) is 0.339. The first-order chi connectivity index (χ1) is 15.0. The van der Waals surface area contributed by atoms with Crippen LogP contribution in [0.1, 0.15) is 73.1 Å². The first-order valence-electron chi connectivity index (χ1n) is 12.6. The van der Waals surface area contributed by atoms with E-state index < -0.39 is 11.0 Å². The Hall–Kier alpha value is -1.52. The van der Waals surface area contributed by atoms with Crippen LogP contribution in [0.25, 0.3) is 0 Å². The lowest BCUT2D eigenvalue weighted by atomic mass is 9.50. The molecule has 1 spiro atoms. The van der Waals surface area contributed by atoms with Gasteiger partial charge in [-0.2, -0.15) is 0 Å². The summed E-state index contributed by atoms with van der Waals surface area (Å²) >= 11 is 0. The molecular formula is C28H38O4. The molecule has 0 amide bonds. The number of carbonyl (C=O) groups is 2. The van der Waals surface area contributed by atoms with Crippen LogP contribution >= 0.6 is 0 Å². The van der Waals surface area contributed by atoms with E-state index in [9.17, 15) is 19.8 Å². The number of allylic oxidation sites excluding steroid dienone is 3. The monoisotopic (exact) mass is 438 g/mol. The minimum atomic E-state index is -1.55. The van der Waals surface area contributed by atoms with Gasteiger partial charge in [-0.25, -0.2) is 0 Å². The van der Waals surface area contributed by atoms with Crippen LogP contribution in [0.5, 0.6) is 0 Å². The molecule has 0 bridgehead atoms. The Labute approximate surface area is 191 Å². The van der Waals surface area contributed by atoms with Gasteiger partial charge in [-0.15, -0.1) is 0 Å². The van der Waals surface area contributed by atoms with Gasteiger partial charge < -0.3 is 10.2 Å². The first-order valence-corrected chi connectivity index (χ1v) is 12.6. The number of carbonyl (C=O) groups excluding carboxylic acids is 2. The summed E-state index contributed by atoms with van der Waals surface area (Å²) in [7, 11) is 0. The van der Waals surface area contributed by atoms with Crippen LogP contribution in [0, 0.1) is 40.4 Å². The van der Waals surface area contributed by atoms with Crippen LogP contribution in [0.3, 0.4) is 0 Å².